The fourth-order valence-electron chi connectivity index (χ4n) is 3.94. The number of carboxylic acid groups (broad SMARTS) is 1. The largest absolute Gasteiger partial charge is 0.510 e. The standard InChI is InChI=1S/C28H24N6O7S/c1-16(35)24(17(2)36)32-31-20-9-6-10-21(15-20)34-26(18-7-4-3-5-8-18)23(28(38)39)25(33-34)27(37)30-19-11-13-22(14-12-19)42(29,40)41/h3-15,35H,1-2H3,(H,30,37)(H,38,39)(H2,29,40,41)/b24-16-,32-31?. The summed E-state index contributed by atoms with van der Waals surface area (Å²) in [4.78, 5) is 37.4. The number of aliphatic hydroxyl groups excluding tert-OH is 1. The number of nitrogens with zero attached hydrogens (tertiary/aromatic N) is 4. The number of nitrogens with one attached hydrogen (secondary N) is 1. The van der Waals surface area contributed by atoms with Crippen LogP contribution in [0.25, 0.3) is 16.9 Å². The molecule has 5 N–H and O–H groups in total. The number of carbonyl (C=O) groups is 3. The van der Waals surface area contributed by atoms with Gasteiger partial charge >= 0.3 is 5.97 Å². The van der Waals surface area contributed by atoms with E-state index in [0.29, 0.717) is 11.3 Å². The summed E-state index contributed by atoms with van der Waals surface area (Å²) in [6.07, 6.45) is 0. The predicted molar refractivity (Wildman–Crippen MR) is 152 cm³/mol. The molecular weight excluding hydrogens is 564 g/mol. The number of aromatic nitrogens is 2. The van der Waals surface area contributed by atoms with Crippen molar-refractivity contribution in [3.05, 3.63) is 102 Å². The van der Waals surface area contributed by atoms with E-state index in [1.54, 1.807) is 48.5 Å². The maximum Gasteiger partial charge on any atom is 0.340 e. The average molecular weight is 589 g/mol. The lowest BCUT2D eigenvalue weighted by Crippen LogP contribution is -2.17. The Morgan fingerprint density at radius 1 is 0.929 bits per heavy atom. The third-order valence-electron chi connectivity index (χ3n) is 5.82. The maximum absolute atomic E-state index is 13.3. The maximum atomic E-state index is 13.3. The molecule has 0 radical (unpaired) electrons. The van der Waals surface area contributed by atoms with Crippen LogP contribution in [0.4, 0.5) is 11.4 Å². The predicted octanol–water partition coefficient (Wildman–Crippen LogP) is 4.60. The van der Waals surface area contributed by atoms with Gasteiger partial charge in [-0.05, 0) is 49.4 Å². The van der Waals surface area contributed by atoms with E-state index in [9.17, 15) is 33.0 Å². The van der Waals surface area contributed by atoms with Crippen molar-refractivity contribution >= 4 is 39.1 Å². The average Bonchev–Trinajstić information content (AvgIpc) is 3.35. The van der Waals surface area contributed by atoms with Gasteiger partial charge in [-0.1, -0.05) is 36.4 Å². The van der Waals surface area contributed by atoms with Gasteiger partial charge in [0, 0.05) is 18.2 Å². The summed E-state index contributed by atoms with van der Waals surface area (Å²) < 4.78 is 24.4. The lowest BCUT2D eigenvalue weighted by atomic mass is 10.0. The van der Waals surface area contributed by atoms with E-state index in [2.05, 4.69) is 20.6 Å². The van der Waals surface area contributed by atoms with Gasteiger partial charge in [0.1, 0.15) is 11.3 Å². The highest BCUT2D eigenvalue weighted by Crippen LogP contribution is 2.31. The Labute approximate surface area is 239 Å². The highest BCUT2D eigenvalue weighted by Gasteiger charge is 2.29. The molecule has 1 aromatic heterocycles. The zero-order valence-corrected chi connectivity index (χ0v) is 23.0. The van der Waals surface area contributed by atoms with Gasteiger partial charge in [-0.3, -0.25) is 9.59 Å². The number of aromatic carboxylic acids is 1. The number of carboxylic acids is 1. The Bertz CT molecular complexity index is 1860. The Kier molecular flexibility index (Phi) is 8.40. The second kappa shape index (κ2) is 12.0. The van der Waals surface area contributed by atoms with Crippen LogP contribution in [0, 0.1) is 0 Å². The van der Waals surface area contributed by atoms with Gasteiger partial charge < -0.3 is 15.5 Å². The molecule has 0 aliphatic carbocycles. The van der Waals surface area contributed by atoms with Crippen molar-refractivity contribution < 1.29 is 33.0 Å². The molecule has 42 heavy (non-hydrogen) atoms. The summed E-state index contributed by atoms with van der Waals surface area (Å²) in [5.41, 5.74) is 0.264. The highest BCUT2D eigenvalue weighted by molar-refractivity contribution is 7.89. The van der Waals surface area contributed by atoms with Crippen molar-refractivity contribution in [3.8, 4) is 16.9 Å². The van der Waals surface area contributed by atoms with E-state index in [1.807, 2.05) is 0 Å². The Morgan fingerprint density at radius 3 is 2.17 bits per heavy atom. The topological polar surface area (TPSA) is 206 Å². The fraction of sp³-hybridized carbons (Fsp3) is 0.0714. The molecule has 0 unspecified atom stereocenters. The van der Waals surface area contributed by atoms with Crippen molar-refractivity contribution in [2.45, 2.75) is 18.7 Å². The molecule has 0 atom stereocenters. The summed E-state index contributed by atoms with van der Waals surface area (Å²) in [6, 6.07) is 19.7. The third-order valence-corrected chi connectivity index (χ3v) is 6.75. The van der Waals surface area contributed by atoms with Crippen molar-refractivity contribution in [2.75, 3.05) is 5.32 Å². The number of benzene rings is 3. The summed E-state index contributed by atoms with van der Waals surface area (Å²) in [5.74, 6) is -3.08. The molecular formula is C28H24N6O7S. The number of ketones is 1. The molecule has 4 aromatic rings. The van der Waals surface area contributed by atoms with Crippen molar-refractivity contribution in [3.63, 3.8) is 0 Å². The van der Waals surface area contributed by atoms with Gasteiger partial charge in [-0.15, -0.1) is 5.11 Å². The number of anilines is 1. The summed E-state index contributed by atoms with van der Waals surface area (Å²) in [5, 5.41) is 39.8. The number of azo groups is 1. The molecule has 0 aliphatic heterocycles. The molecule has 0 fully saturated rings. The smallest absolute Gasteiger partial charge is 0.340 e. The van der Waals surface area contributed by atoms with Crippen LogP contribution >= 0.6 is 0 Å². The molecule has 0 saturated carbocycles. The lowest BCUT2D eigenvalue weighted by molar-refractivity contribution is -0.113. The van der Waals surface area contributed by atoms with E-state index in [-0.39, 0.29) is 39.0 Å². The fourth-order valence-corrected chi connectivity index (χ4v) is 4.45. The van der Waals surface area contributed by atoms with Crippen molar-refractivity contribution in [2.24, 2.45) is 15.4 Å². The van der Waals surface area contributed by atoms with E-state index >= 15 is 0 Å². The third kappa shape index (κ3) is 6.46. The molecule has 0 bridgehead atoms. The molecule has 1 amide bonds. The SMILES string of the molecule is CC(=O)/C(N=Nc1cccc(-n2nc(C(=O)Nc3ccc(S(N)(=O)=O)cc3)c(C(=O)O)c2-c2ccccc2)c1)=C(\C)O. The Hall–Kier alpha value is -5.47. The number of hydrogen-bond donors (Lipinski definition) is 4. The highest BCUT2D eigenvalue weighted by atomic mass is 32.2. The van der Waals surface area contributed by atoms with Gasteiger partial charge in [-0.2, -0.15) is 10.2 Å². The van der Waals surface area contributed by atoms with E-state index in [0.717, 1.165) is 0 Å². The second-order valence-corrected chi connectivity index (χ2v) is 10.5. The number of sulfonamides is 1. The van der Waals surface area contributed by atoms with Crippen LogP contribution in [0.5, 0.6) is 0 Å². The zero-order chi connectivity index (χ0) is 30.6. The lowest BCUT2D eigenvalue weighted by Gasteiger charge is -2.09. The van der Waals surface area contributed by atoms with Gasteiger partial charge in [0.2, 0.25) is 10.0 Å². The van der Waals surface area contributed by atoms with Crippen LogP contribution in [0.15, 0.2) is 105 Å². The quantitative estimate of drug-likeness (QED) is 0.123. The number of hydrogen-bond acceptors (Lipinski definition) is 9. The molecule has 1 heterocycles. The van der Waals surface area contributed by atoms with E-state index < -0.39 is 33.4 Å². The molecule has 0 aliphatic rings. The number of primary sulfonamides is 1. The minimum absolute atomic E-state index is 0.0995. The van der Waals surface area contributed by atoms with Crippen LogP contribution in [0.2, 0.25) is 0 Å². The normalized spacial score (nSPS) is 12.2. The molecule has 0 spiro atoms. The first kappa shape index (κ1) is 29.5. The zero-order valence-electron chi connectivity index (χ0n) is 22.2. The second-order valence-electron chi connectivity index (χ2n) is 8.89. The van der Waals surface area contributed by atoms with E-state index in [4.69, 9.17) is 5.14 Å². The summed E-state index contributed by atoms with van der Waals surface area (Å²) in [6.45, 7) is 2.53. The monoisotopic (exact) mass is 588 g/mol. The molecule has 0 saturated heterocycles. The molecule has 14 heteroatoms. The molecule has 214 valence electrons. The first-order chi connectivity index (χ1) is 19.9. The van der Waals surface area contributed by atoms with Crippen molar-refractivity contribution in [1.82, 2.24) is 9.78 Å². The van der Waals surface area contributed by atoms with Gasteiger partial charge in [0.25, 0.3) is 5.91 Å². The van der Waals surface area contributed by atoms with Crippen LogP contribution in [0.3, 0.4) is 0 Å². The summed E-state index contributed by atoms with van der Waals surface area (Å²) >= 11 is 0. The number of aliphatic hydroxyl groups is 1. The van der Waals surface area contributed by atoms with Gasteiger partial charge in [0.05, 0.1) is 22.0 Å². The van der Waals surface area contributed by atoms with Gasteiger partial charge in [-0.25, -0.2) is 23.0 Å². The number of Topliss-reactive ketones (excluding diaryl/α,β-unsaturated/α-hetero) is 1. The van der Waals surface area contributed by atoms with Crippen LogP contribution in [-0.2, 0) is 14.8 Å². The number of amides is 1. The molecule has 4 rings (SSSR count). The first-order valence-corrected chi connectivity index (χ1v) is 13.7. The van der Waals surface area contributed by atoms with Crippen LogP contribution in [-0.4, -0.2) is 46.1 Å². The minimum Gasteiger partial charge on any atom is -0.510 e. The number of allylic oxidation sites excluding steroid dienone is 2. The number of rotatable bonds is 9. The summed E-state index contributed by atoms with van der Waals surface area (Å²) in [7, 11) is -3.96. The van der Waals surface area contributed by atoms with Crippen LogP contribution < -0.4 is 10.5 Å². The van der Waals surface area contributed by atoms with Crippen LogP contribution in [0.1, 0.15) is 34.7 Å². The first-order valence-electron chi connectivity index (χ1n) is 12.2. The minimum atomic E-state index is -3.96. The van der Waals surface area contributed by atoms with E-state index in [1.165, 1.54) is 48.9 Å². The molecule has 3 aromatic carbocycles. The molecule has 13 nitrogen and oxygen atoms in total. The Morgan fingerprint density at radius 2 is 1.60 bits per heavy atom. The van der Waals surface area contributed by atoms with Crippen molar-refractivity contribution in [1.29, 1.82) is 0 Å². The van der Waals surface area contributed by atoms with Gasteiger partial charge in [0.15, 0.2) is 17.2 Å². The number of carbonyl (C=O) groups excluding carboxylic acids is 2. The number of nitrogens with two attached hydrogens (primary N) is 1. The Balaban J connectivity index is 1.83.